The summed E-state index contributed by atoms with van der Waals surface area (Å²) in [5.41, 5.74) is 2.53. The molecule has 0 bridgehead atoms. The van der Waals surface area contributed by atoms with Crippen molar-refractivity contribution in [2.45, 2.75) is 19.9 Å². The van der Waals surface area contributed by atoms with Crippen molar-refractivity contribution in [3.05, 3.63) is 82.4 Å². The summed E-state index contributed by atoms with van der Waals surface area (Å²) < 4.78 is 26.9. The summed E-state index contributed by atoms with van der Waals surface area (Å²) in [5, 5.41) is 0. The molecule has 26 heavy (non-hydrogen) atoms. The van der Waals surface area contributed by atoms with Crippen LogP contribution in [-0.2, 0) is 4.79 Å². The highest BCUT2D eigenvalue weighted by atomic mass is 19.1. The molecule has 0 spiro atoms. The normalized spacial score (nSPS) is 18.9. The van der Waals surface area contributed by atoms with Crippen molar-refractivity contribution in [1.82, 2.24) is 4.90 Å². The van der Waals surface area contributed by atoms with Crippen LogP contribution in [0.1, 0.15) is 25.0 Å². The average molecular weight is 353 g/mol. The van der Waals surface area contributed by atoms with E-state index in [4.69, 9.17) is 0 Å². The number of rotatable bonds is 3. The largest absolute Gasteiger partial charge is 0.292 e. The second-order valence-corrected chi connectivity index (χ2v) is 6.78. The van der Waals surface area contributed by atoms with E-state index in [1.807, 2.05) is 0 Å². The van der Waals surface area contributed by atoms with Crippen molar-refractivity contribution < 1.29 is 13.6 Å². The van der Waals surface area contributed by atoms with E-state index >= 15 is 0 Å². The molecule has 3 rings (SSSR count). The lowest BCUT2D eigenvalue weighted by Crippen LogP contribution is -2.41. The molecule has 0 unspecified atom stereocenters. The summed E-state index contributed by atoms with van der Waals surface area (Å²) in [7, 11) is 0. The van der Waals surface area contributed by atoms with Crippen LogP contribution in [0.25, 0.3) is 12.2 Å². The minimum atomic E-state index is -0.334. The van der Waals surface area contributed by atoms with Crippen LogP contribution in [0.4, 0.5) is 8.78 Å². The third-order valence-electron chi connectivity index (χ3n) is 4.44. The van der Waals surface area contributed by atoms with Gasteiger partial charge in [0, 0.05) is 30.3 Å². The van der Waals surface area contributed by atoms with Gasteiger partial charge in [-0.1, -0.05) is 24.3 Å². The first-order chi connectivity index (χ1) is 12.4. The summed E-state index contributed by atoms with van der Waals surface area (Å²) in [6.07, 6.45) is 3.47. The molecule has 0 radical (unpaired) electrons. The molecular weight excluding hydrogens is 332 g/mol. The van der Waals surface area contributed by atoms with E-state index in [9.17, 15) is 13.6 Å². The molecule has 1 fully saturated rings. The highest BCUT2D eigenvalue weighted by Crippen LogP contribution is 2.24. The standard InChI is InChI=1S/C22H21F2NO/c1-15(2)25-13-18(9-16-5-3-7-20(23)11-16)22(26)19(14-25)10-17-6-4-8-21(24)12-17/h3-12,15H,13-14H2,1-2H3/b18-9+,19-10+. The zero-order valence-electron chi connectivity index (χ0n) is 14.9. The Kier molecular flexibility index (Phi) is 5.43. The smallest absolute Gasteiger partial charge is 0.187 e. The number of ketones is 1. The molecule has 0 aliphatic carbocycles. The maximum atomic E-state index is 13.5. The Morgan fingerprint density at radius 3 is 1.73 bits per heavy atom. The quantitative estimate of drug-likeness (QED) is 0.744. The van der Waals surface area contributed by atoms with E-state index in [0.29, 0.717) is 35.4 Å². The number of hydrogen-bond acceptors (Lipinski definition) is 2. The SMILES string of the molecule is CC(C)N1C/C(=C\c2cccc(F)c2)C(=O)/C(=C/c2cccc(F)c2)C1. The molecule has 0 saturated carbocycles. The highest BCUT2D eigenvalue weighted by molar-refractivity contribution is 6.14. The lowest BCUT2D eigenvalue weighted by atomic mass is 9.93. The Morgan fingerprint density at radius 1 is 0.885 bits per heavy atom. The number of benzene rings is 2. The van der Waals surface area contributed by atoms with Crippen LogP contribution in [0.3, 0.4) is 0 Å². The molecule has 1 saturated heterocycles. The Balaban J connectivity index is 1.99. The van der Waals surface area contributed by atoms with Gasteiger partial charge >= 0.3 is 0 Å². The van der Waals surface area contributed by atoms with Gasteiger partial charge in [0.05, 0.1) is 0 Å². The number of hydrogen-bond donors (Lipinski definition) is 0. The lowest BCUT2D eigenvalue weighted by Gasteiger charge is -2.32. The molecule has 0 aromatic heterocycles. The minimum absolute atomic E-state index is 0.0737. The number of halogens is 2. The Morgan fingerprint density at radius 2 is 1.35 bits per heavy atom. The van der Waals surface area contributed by atoms with Crippen LogP contribution in [-0.4, -0.2) is 29.8 Å². The molecule has 134 valence electrons. The summed E-state index contributed by atoms with van der Waals surface area (Å²) >= 11 is 0. The van der Waals surface area contributed by atoms with Crippen LogP contribution >= 0.6 is 0 Å². The van der Waals surface area contributed by atoms with Crippen molar-refractivity contribution in [3.8, 4) is 0 Å². The van der Waals surface area contributed by atoms with Crippen LogP contribution in [0.2, 0.25) is 0 Å². The fourth-order valence-electron chi connectivity index (χ4n) is 3.03. The number of carbonyl (C=O) groups excluding carboxylic acids is 1. The molecule has 1 aliphatic rings. The Bertz CT molecular complexity index is 816. The van der Waals surface area contributed by atoms with Gasteiger partial charge < -0.3 is 0 Å². The van der Waals surface area contributed by atoms with E-state index in [2.05, 4.69) is 18.7 Å². The van der Waals surface area contributed by atoms with E-state index in [0.717, 1.165) is 0 Å². The van der Waals surface area contributed by atoms with E-state index in [-0.39, 0.29) is 23.5 Å². The predicted molar refractivity (Wildman–Crippen MR) is 100 cm³/mol. The molecule has 0 N–H and O–H groups in total. The lowest BCUT2D eigenvalue weighted by molar-refractivity contribution is -0.113. The molecule has 0 atom stereocenters. The first-order valence-electron chi connectivity index (χ1n) is 8.63. The number of piperidine rings is 1. The van der Waals surface area contributed by atoms with Gasteiger partial charge in [0.1, 0.15) is 11.6 Å². The van der Waals surface area contributed by atoms with E-state index in [1.165, 1.54) is 24.3 Å². The molecule has 0 amide bonds. The summed E-state index contributed by atoms with van der Waals surface area (Å²) in [6.45, 7) is 5.14. The second kappa shape index (κ2) is 7.75. The van der Waals surface area contributed by atoms with Gasteiger partial charge in [-0.25, -0.2) is 8.78 Å². The zero-order valence-corrected chi connectivity index (χ0v) is 14.9. The average Bonchev–Trinajstić information content (AvgIpc) is 2.58. The number of nitrogens with zero attached hydrogens (tertiary/aromatic N) is 1. The van der Waals surface area contributed by atoms with Crippen molar-refractivity contribution in [3.63, 3.8) is 0 Å². The van der Waals surface area contributed by atoms with Crippen molar-refractivity contribution in [1.29, 1.82) is 0 Å². The first-order valence-corrected chi connectivity index (χ1v) is 8.63. The molecular formula is C22H21F2NO. The van der Waals surface area contributed by atoms with Crippen LogP contribution in [0.5, 0.6) is 0 Å². The molecule has 1 aliphatic heterocycles. The first kappa shape index (κ1) is 18.2. The van der Waals surface area contributed by atoms with E-state index < -0.39 is 0 Å². The fourth-order valence-corrected chi connectivity index (χ4v) is 3.03. The van der Waals surface area contributed by atoms with Gasteiger partial charge in [0.2, 0.25) is 0 Å². The van der Waals surface area contributed by atoms with E-state index in [1.54, 1.807) is 36.4 Å². The monoisotopic (exact) mass is 353 g/mol. The van der Waals surface area contributed by atoms with Crippen LogP contribution in [0.15, 0.2) is 59.7 Å². The topological polar surface area (TPSA) is 20.3 Å². The van der Waals surface area contributed by atoms with Crippen molar-refractivity contribution in [2.24, 2.45) is 0 Å². The number of carbonyl (C=O) groups is 1. The maximum Gasteiger partial charge on any atom is 0.187 e. The molecule has 4 heteroatoms. The highest BCUT2D eigenvalue weighted by Gasteiger charge is 2.27. The van der Waals surface area contributed by atoms with Crippen LogP contribution in [0, 0.1) is 11.6 Å². The Labute approximate surface area is 152 Å². The van der Waals surface area contributed by atoms with Gasteiger partial charge in [-0.05, 0) is 61.4 Å². The summed E-state index contributed by atoms with van der Waals surface area (Å²) in [6, 6.07) is 12.6. The Hall–Kier alpha value is -2.59. The van der Waals surface area contributed by atoms with Gasteiger partial charge in [-0.15, -0.1) is 0 Å². The minimum Gasteiger partial charge on any atom is -0.292 e. The van der Waals surface area contributed by atoms with Gasteiger partial charge in [-0.3, -0.25) is 9.69 Å². The van der Waals surface area contributed by atoms with Crippen LogP contribution < -0.4 is 0 Å². The van der Waals surface area contributed by atoms with Crippen molar-refractivity contribution in [2.75, 3.05) is 13.1 Å². The summed E-state index contributed by atoms with van der Waals surface area (Å²) in [5.74, 6) is -0.742. The van der Waals surface area contributed by atoms with Gasteiger partial charge in [-0.2, -0.15) is 0 Å². The molecule has 2 aromatic rings. The number of likely N-dealkylation sites (tertiary alicyclic amines) is 1. The predicted octanol–water partition coefficient (Wildman–Crippen LogP) is 4.72. The fraction of sp³-hybridized carbons (Fsp3) is 0.227. The maximum absolute atomic E-state index is 13.5. The van der Waals surface area contributed by atoms with Gasteiger partial charge in [0.25, 0.3) is 0 Å². The number of Topliss-reactive ketones (excluding diaryl/α,β-unsaturated/α-hetero) is 1. The van der Waals surface area contributed by atoms with Crippen molar-refractivity contribution >= 4 is 17.9 Å². The second-order valence-electron chi connectivity index (χ2n) is 6.78. The van der Waals surface area contributed by atoms with Gasteiger partial charge in [0.15, 0.2) is 5.78 Å². The molecule has 2 aromatic carbocycles. The molecule has 2 nitrogen and oxygen atoms in total. The third kappa shape index (κ3) is 4.33. The summed E-state index contributed by atoms with van der Waals surface area (Å²) in [4.78, 5) is 15.1. The molecule has 1 heterocycles. The third-order valence-corrected chi connectivity index (χ3v) is 4.44. The zero-order chi connectivity index (χ0) is 18.7.